The zero-order valence-corrected chi connectivity index (χ0v) is 28.7. The van der Waals surface area contributed by atoms with E-state index in [9.17, 15) is 0 Å². The molecule has 0 spiro atoms. The van der Waals surface area contributed by atoms with Crippen LogP contribution >= 0.6 is 0 Å². The van der Waals surface area contributed by atoms with Gasteiger partial charge in [0, 0.05) is 43.9 Å². The molecule has 246 valence electrons. The van der Waals surface area contributed by atoms with Crippen molar-refractivity contribution in [2.75, 3.05) is 0 Å². The molecule has 3 heterocycles. The van der Waals surface area contributed by atoms with Crippen LogP contribution in [0, 0.1) is 13.8 Å². The maximum atomic E-state index is 6.37. The number of fused-ring (bicyclic) bond motifs is 6. The summed E-state index contributed by atoms with van der Waals surface area (Å²) >= 11 is 0. The molecule has 0 aliphatic rings. The van der Waals surface area contributed by atoms with Crippen molar-refractivity contribution in [2.24, 2.45) is 0 Å². The number of hydrogen-bond donors (Lipinski definition) is 0. The Balaban J connectivity index is 1.15. The standard InChI is InChI=1S/C47H32N4O/c1-29-24-34(32-20-23-39-40-18-11-12-30(2)44(40)52-43(39)28-32)26-35(25-29)47-49-45(31-13-5-3-6-14-31)48-46(50-47)33-21-22-38-37-17-9-10-19-41(37)51(42(38)27-33)36-15-7-4-8-16-36/h3-28H,1-2H3. The molecule has 0 unspecified atom stereocenters. The molecular formula is C47H32N4O. The van der Waals surface area contributed by atoms with Crippen molar-refractivity contribution in [3.63, 3.8) is 0 Å². The largest absolute Gasteiger partial charge is 0.456 e. The van der Waals surface area contributed by atoms with Crippen molar-refractivity contribution >= 4 is 43.7 Å². The topological polar surface area (TPSA) is 56.7 Å². The van der Waals surface area contributed by atoms with E-state index in [0.717, 1.165) is 77.6 Å². The molecule has 52 heavy (non-hydrogen) atoms. The van der Waals surface area contributed by atoms with Crippen molar-refractivity contribution < 1.29 is 4.42 Å². The minimum Gasteiger partial charge on any atom is -0.456 e. The van der Waals surface area contributed by atoms with E-state index < -0.39 is 0 Å². The van der Waals surface area contributed by atoms with Gasteiger partial charge in [0.25, 0.3) is 0 Å². The minimum absolute atomic E-state index is 0.623. The summed E-state index contributed by atoms with van der Waals surface area (Å²) in [4.78, 5) is 15.3. The predicted octanol–water partition coefficient (Wildman–Crippen LogP) is 12.2. The second-order valence-electron chi connectivity index (χ2n) is 13.4. The number of furan rings is 1. The van der Waals surface area contributed by atoms with E-state index in [4.69, 9.17) is 19.4 Å². The summed E-state index contributed by atoms with van der Waals surface area (Å²) in [5, 5.41) is 4.64. The summed E-state index contributed by atoms with van der Waals surface area (Å²) in [7, 11) is 0. The van der Waals surface area contributed by atoms with Crippen LogP contribution in [0.25, 0.3) is 94.7 Å². The molecule has 10 aromatic rings. The molecule has 0 aliphatic heterocycles. The third kappa shape index (κ3) is 4.97. The van der Waals surface area contributed by atoms with Gasteiger partial charge in [0.15, 0.2) is 17.5 Å². The number of hydrogen-bond acceptors (Lipinski definition) is 4. The lowest BCUT2D eigenvalue weighted by Crippen LogP contribution is -2.01. The monoisotopic (exact) mass is 668 g/mol. The van der Waals surface area contributed by atoms with Gasteiger partial charge < -0.3 is 8.98 Å². The number of aromatic nitrogens is 4. The number of benzene rings is 7. The van der Waals surface area contributed by atoms with Crippen LogP contribution in [-0.2, 0) is 0 Å². The lowest BCUT2D eigenvalue weighted by molar-refractivity contribution is 0.666. The average Bonchev–Trinajstić information content (AvgIpc) is 3.74. The van der Waals surface area contributed by atoms with E-state index in [1.165, 1.54) is 10.8 Å². The molecule has 5 heteroatoms. The molecule has 5 nitrogen and oxygen atoms in total. The van der Waals surface area contributed by atoms with E-state index in [1.54, 1.807) is 0 Å². The third-order valence-electron chi connectivity index (χ3n) is 9.98. The highest BCUT2D eigenvalue weighted by atomic mass is 16.3. The van der Waals surface area contributed by atoms with Crippen LogP contribution < -0.4 is 0 Å². The van der Waals surface area contributed by atoms with Crippen LogP contribution in [0.15, 0.2) is 162 Å². The molecule has 0 bridgehead atoms. The van der Waals surface area contributed by atoms with Crippen molar-refractivity contribution in [1.29, 1.82) is 0 Å². The summed E-state index contributed by atoms with van der Waals surface area (Å²) in [5.41, 5.74) is 12.4. The molecule has 0 atom stereocenters. The van der Waals surface area contributed by atoms with Gasteiger partial charge in [-0.15, -0.1) is 0 Å². The number of para-hydroxylation sites is 3. The molecule has 0 saturated heterocycles. The highest BCUT2D eigenvalue weighted by Gasteiger charge is 2.18. The quantitative estimate of drug-likeness (QED) is 0.183. The molecule has 0 saturated carbocycles. The zero-order valence-electron chi connectivity index (χ0n) is 28.7. The first-order valence-electron chi connectivity index (χ1n) is 17.5. The van der Waals surface area contributed by atoms with E-state index in [2.05, 4.69) is 146 Å². The first-order chi connectivity index (χ1) is 25.6. The van der Waals surface area contributed by atoms with Gasteiger partial charge in [-0.2, -0.15) is 0 Å². The molecular weight excluding hydrogens is 637 g/mol. The van der Waals surface area contributed by atoms with Gasteiger partial charge in [-0.05, 0) is 84.6 Å². The molecule has 7 aromatic carbocycles. The van der Waals surface area contributed by atoms with Crippen LogP contribution in [0.2, 0.25) is 0 Å². The van der Waals surface area contributed by atoms with Gasteiger partial charge >= 0.3 is 0 Å². The second-order valence-corrected chi connectivity index (χ2v) is 13.4. The van der Waals surface area contributed by atoms with E-state index in [1.807, 2.05) is 30.3 Å². The van der Waals surface area contributed by atoms with Gasteiger partial charge in [0.2, 0.25) is 0 Å². The molecule has 0 N–H and O–H groups in total. The zero-order chi connectivity index (χ0) is 34.8. The van der Waals surface area contributed by atoms with Gasteiger partial charge in [-0.3, -0.25) is 0 Å². The first kappa shape index (κ1) is 30.0. The highest BCUT2D eigenvalue weighted by molar-refractivity contribution is 6.10. The highest BCUT2D eigenvalue weighted by Crippen LogP contribution is 2.37. The van der Waals surface area contributed by atoms with Crippen molar-refractivity contribution in [1.82, 2.24) is 19.5 Å². The summed E-state index contributed by atoms with van der Waals surface area (Å²) in [6.45, 7) is 4.21. The number of rotatable bonds is 5. The Labute approximate surface area is 300 Å². The molecule has 3 aromatic heterocycles. The average molecular weight is 669 g/mol. The fraction of sp³-hybridized carbons (Fsp3) is 0.0426. The maximum absolute atomic E-state index is 6.37. The van der Waals surface area contributed by atoms with Gasteiger partial charge in [0.05, 0.1) is 11.0 Å². The normalized spacial score (nSPS) is 11.7. The van der Waals surface area contributed by atoms with Crippen molar-refractivity contribution in [2.45, 2.75) is 13.8 Å². The second kappa shape index (κ2) is 11.9. The van der Waals surface area contributed by atoms with E-state index >= 15 is 0 Å². The predicted molar refractivity (Wildman–Crippen MR) is 213 cm³/mol. The van der Waals surface area contributed by atoms with Crippen LogP contribution in [0.3, 0.4) is 0 Å². The van der Waals surface area contributed by atoms with Crippen LogP contribution in [0.4, 0.5) is 0 Å². The Morgan fingerprint density at radius 2 is 1.06 bits per heavy atom. The Kier molecular flexibility index (Phi) is 6.86. The van der Waals surface area contributed by atoms with Gasteiger partial charge in [-0.25, -0.2) is 15.0 Å². The number of aryl methyl sites for hydroxylation is 2. The maximum Gasteiger partial charge on any atom is 0.164 e. The smallest absolute Gasteiger partial charge is 0.164 e. The SMILES string of the molecule is Cc1cc(-c2ccc3c(c2)oc2c(C)cccc23)cc(-c2nc(-c3ccccc3)nc(-c3ccc4c5ccccc5n(-c5ccccc5)c4c3)n2)c1. The fourth-order valence-corrected chi connectivity index (χ4v) is 7.51. The Bertz CT molecular complexity index is 2980. The molecule has 0 amide bonds. The summed E-state index contributed by atoms with van der Waals surface area (Å²) in [5.74, 6) is 1.88. The Hall–Kier alpha value is -6.85. The van der Waals surface area contributed by atoms with E-state index in [0.29, 0.717) is 17.5 Å². The fourth-order valence-electron chi connectivity index (χ4n) is 7.51. The van der Waals surface area contributed by atoms with Gasteiger partial charge in [-0.1, -0.05) is 109 Å². The minimum atomic E-state index is 0.623. The summed E-state index contributed by atoms with van der Waals surface area (Å²) in [6.07, 6.45) is 0. The summed E-state index contributed by atoms with van der Waals surface area (Å²) < 4.78 is 8.69. The molecule has 0 aliphatic carbocycles. The van der Waals surface area contributed by atoms with Crippen LogP contribution in [-0.4, -0.2) is 19.5 Å². The Morgan fingerprint density at radius 3 is 1.88 bits per heavy atom. The first-order valence-corrected chi connectivity index (χ1v) is 17.5. The lowest BCUT2D eigenvalue weighted by Gasteiger charge is -2.12. The molecule has 10 rings (SSSR count). The Morgan fingerprint density at radius 1 is 0.423 bits per heavy atom. The molecule has 0 fully saturated rings. The lowest BCUT2D eigenvalue weighted by atomic mass is 9.98. The summed E-state index contributed by atoms with van der Waals surface area (Å²) in [6, 6.07) is 55.0. The van der Waals surface area contributed by atoms with Crippen molar-refractivity contribution in [3.8, 4) is 51.0 Å². The third-order valence-corrected chi connectivity index (χ3v) is 9.98. The van der Waals surface area contributed by atoms with E-state index in [-0.39, 0.29) is 0 Å². The van der Waals surface area contributed by atoms with Crippen LogP contribution in [0.1, 0.15) is 11.1 Å². The van der Waals surface area contributed by atoms with Crippen molar-refractivity contribution in [3.05, 3.63) is 169 Å². The van der Waals surface area contributed by atoms with Gasteiger partial charge in [0.1, 0.15) is 11.2 Å². The number of nitrogens with zero attached hydrogens (tertiary/aromatic N) is 4. The molecule has 0 radical (unpaired) electrons. The van der Waals surface area contributed by atoms with Crippen LogP contribution in [0.5, 0.6) is 0 Å².